The minimum absolute atomic E-state index is 0.0759. The van der Waals surface area contributed by atoms with E-state index < -0.39 is 4.92 Å². The molecule has 0 aromatic heterocycles. The number of anilines is 1. The fourth-order valence-electron chi connectivity index (χ4n) is 3.61. The first kappa shape index (κ1) is 19.0. The zero-order valence-corrected chi connectivity index (χ0v) is 15.7. The Labute approximate surface area is 158 Å². The Morgan fingerprint density at radius 2 is 1.78 bits per heavy atom. The molecule has 27 heavy (non-hydrogen) atoms. The summed E-state index contributed by atoms with van der Waals surface area (Å²) in [6.45, 7) is 5.55. The average Bonchev–Trinajstić information content (AvgIpc) is 2.66. The van der Waals surface area contributed by atoms with E-state index in [9.17, 15) is 14.9 Å². The van der Waals surface area contributed by atoms with Crippen molar-refractivity contribution < 1.29 is 19.5 Å². The summed E-state index contributed by atoms with van der Waals surface area (Å²) >= 11 is 0. The van der Waals surface area contributed by atoms with Crippen molar-refractivity contribution in [3.05, 3.63) is 69.8 Å². The van der Waals surface area contributed by atoms with E-state index in [1.165, 1.54) is 15.9 Å². The number of hydrogen-bond acceptors (Lipinski definition) is 3. The highest BCUT2D eigenvalue weighted by Crippen LogP contribution is 2.26. The summed E-state index contributed by atoms with van der Waals surface area (Å²) in [5.74, 6) is -0.206. The van der Waals surface area contributed by atoms with Crippen LogP contribution in [0.1, 0.15) is 17.2 Å². The molecule has 1 fully saturated rings. The number of carbonyl (C=O) groups excluding carboxylic acids is 1. The molecule has 3 N–H and O–H groups in total. The first-order valence-corrected chi connectivity index (χ1v) is 9.22. The molecule has 1 atom stereocenters. The van der Waals surface area contributed by atoms with Gasteiger partial charge in [0.2, 0.25) is 0 Å². The molecule has 0 radical (unpaired) electrons. The zero-order valence-electron chi connectivity index (χ0n) is 15.7. The Morgan fingerprint density at radius 3 is 2.41 bits per heavy atom. The van der Waals surface area contributed by atoms with E-state index in [4.69, 9.17) is 0 Å². The fraction of sp³-hybridized carbons (Fsp3) is 0.350. The third-order valence-corrected chi connectivity index (χ3v) is 5.16. The highest BCUT2D eigenvalue weighted by Gasteiger charge is 2.35. The van der Waals surface area contributed by atoms with Crippen LogP contribution in [-0.4, -0.2) is 44.1 Å². The standard InChI is InChI=1S/C20H24N4O3/c1-15-8-9-17(18(14-15)24(26)27)21-20(25)19(16-6-4-3-5-7-16)23-12-10-22(2)11-13-23/h3-9,14,19H,10-13H2,1-2H3,(H,21,25)/p+2/t19-/m0/s1. The van der Waals surface area contributed by atoms with Crippen molar-refractivity contribution in [3.8, 4) is 0 Å². The van der Waals surface area contributed by atoms with Crippen LogP contribution in [0.25, 0.3) is 0 Å². The molecule has 0 unspecified atom stereocenters. The molecule has 0 saturated carbocycles. The van der Waals surface area contributed by atoms with Gasteiger partial charge in [-0.2, -0.15) is 0 Å². The van der Waals surface area contributed by atoms with Crippen LogP contribution in [0.4, 0.5) is 11.4 Å². The van der Waals surface area contributed by atoms with Gasteiger partial charge in [0.05, 0.1) is 12.0 Å². The molecule has 1 heterocycles. The van der Waals surface area contributed by atoms with Crippen molar-refractivity contribution in [2.24, 2.45) is 0 Å². The monoisotopic (exact) mass is 370 g/mol. The number of aryl methyl sites for hydroxylation is 1. The van der Waals surface area contributed by atoms with Gasteiger partial charge in [0.15, 0.2) is 6.04 Å². The van der Waals surface area contributed by atoms with Gasteiger partial charge in [-0.3, -0.25) is 14.9 Å². The molecule has 0 spiro atoms. The van der Waals surface area contributed by atoms with Crippen LogP contribution < -0.4 is 15.1 Å². The molecule has 0 bridgehead atoms. The number of hydrogen-bond donors (Lipinski definition) is 3. The third-order valence-electron chi connectivity index (χ3n) is 5.16. The first-order valence-electron chi connectivity index (χ1n) is 9.22. The maximum atomic E-state index is 13.2. The molecule has 0 aliphatic carbocycles. The van der Waals surface area contributed by atoms with Crippen molar-refractivity contribution in [1.29, 1.82) is 0 Å². The maximum absolute atomic E-state index is 13.2. The molecule has 1 aliphatic heterocycles. The van der Waals surface area contributed by atoms with Crippen LogP contribution in [0.2, 0.25) is 0 Å². The number of rotatable bonds is 5. The fourth-order valence-corrected chi connectivity index (χ4v) is 3.61. The number of carbonyl (C=O) groups is 1. The van der Waals surface area contributed by atoms with Crippen molar-refractivity contribution in [3.63, 3.8) is 0 Å². The second kappa shape index (κ2) is 8.28. The lowest BCUT2D eigenvalue weighted by Crippen LogP contribution is -3.27. The van der Waals surface area contributed by atoms with E-state index in [-0.39, 0.29) is 23.3 Å². The number of amides is 1. The van der Waals surface area contributed by atoms with Gasteiger partial charge in [-0.15, -0.1) is 0 Å². The Hall–Kier alpha value is -2.77. The van der Waals surface area contributed by atoms with Crippen molar-refractivity contribution in [2.75, 3.05) is 38.5 Å². The SMILES string of the molecule is Cc1ccc(NC(=O)[C@H](c2ccccc2)[NH+]2CC[NH+](C)CC2)c([N+](=O)[O-])c1. The highest BCUT2D eigenvalue weighted by atomic mass is 16.6. The predicted molar refractivity (Wildman–Crippen MR) is 103 cm³/mol. The van der Waals surface area contributed by atoms with Gasteiger partial charge in [-0.1, -0.05) is 36.4 Å². The molecule has 7 nitrogen and oxygen atoms in total. The highest BCUT2D eigenvalue weighted by molar-refractivity contribution is 5.96. The second-order valence-corrected chi connectivity index (χ2v) is 7.23. The van der Waals surface area contributed by atoms with Crippen molar-refractivity contribution in [1.82, 2.24) is 0 Å². The van der Waals surface area contributed by atoms with Crippen LogP contribution in [-0.2, 0) is 4.79 Å². The topological polar surface area (TPSA) is 81.1 Å². The van der Waals surface area contributed by atoms with Gasteiger partial charge >= 0.3 is 0 Å². The predicted octanol–water partition coefficient (Wildman–Crippen LogP) is -0.00378. The first-order chi connectivity index (χ1) is 13.0. The average molecular weight is 370 g/mol. The van der Waals surface area contributed by atoms with Gasteiger partial charge in [0.25, 0.3) is 11.6 Å². The van der Waals surface area contributed by atoms with E-state index in [2.05, 4.69) is 12.4 Å². The zero-order chi connectivity index (χ0) is 19.4. The molecule has 1 aliphatic rings. The van der Waals surface area contributed by atoms with E-state index >= 15 is 0 Å². The molecular formula is C20H26N4O3+2. The molecular weight excluding hydrogens is 344 g/mol. The minimum Gasteiger partial charge on any atom is -0.328 e. The number of piperazine rings is 1. The Kier molecular flexibility index (Phi) is 5.83. The summed E-state index contributed by atoms with van der Waals surface area (Å²) in [6.07, 6.45) is 0. The van der Waals surface area contributed by atoms with Gasteiger partial charge in [-0.25, -0.2) is 0 Å². The Morgan fingerprint density at radius 1 is 1.11 bits per heavy atom. The van der Waals surface area contributed by atoms with Crippen molar-refractivity contribution >= 4 is 17.3 Å². The summed E-state index contributed by atoms with van der Waals surface area (Å²) in [5.41, 5.74) is 1.88. The molecule has 142 valence electrons. The summed E-state index contributed by atoms with van der Waals surface area (Å²) in [4.78, 5) is 26.8. The van der Waals surface area contributed by atoms with Crippen LogP contribution in [0.15, 0.2) is 48.5 Å². The number of nitro benzene ring substituents is 1. The molecule has 7 heteroatoms. The number of benzene rings is 2. The van der Waals surface area contributed by atoms with Crippen LogP contribution in [0.3, 0.4) is 0 Å². The Bertz CT molecular complexity index is 817. The second-order valence-electron chi connectivity index (χ2n) is 7.23. The lowest BCUT2D eigenvalue weighted by molar-refractivity contribution is -1.01. The van der Waals surface area contributed by atoms with Gasteiger partial charge < -0.3 is 15.1 Å². The van der Waals surface area contributed by atoms with E-state index in [1.54, 1.807) is 19.1 Å². The quantitative estimate of drug-likeness (QED) is 0.512. The van der Waals surface area contributed by atoms with E-state index in [0.29, 0.717) is 0 Å². The summed E-state index contributed by atoms with van der Waals surface area (Å²) in [7, 11) is 2.16. The lowest BCUT2D eigenvalue weighted by Gasteiger charge is -2.32. The van der Waals surface area contributed by atoms with Gasteiger partial charge in [0.1, 0.15) is 31.9 Å². The van der Waals surface area contributed by atoms with Crippen LogP contribution >= 0.6 is 0 Å². The van der Waals surface area contributed by atoms with Gasteiger partial charge in [-0.05, 0) is 18.6 Å². The molecule has 2 aromatic carbocycles. The number of nitro groups is 1. The number of quaternary nitrogens is 2. The van der Waals surface area contributed by atoms with E-state index in [1.807, 2.05) is 30.3 Å². The summed E-state index contributed by atoms with van der Waals surface area (Å²) in [6, 6.07) is 14.1. The van der Waals surface area contributed by atoms with E-state index in [0.717, 1.165) is 37.3 Å². The third kappa shape index (κ3) is 4.50. The minimum atomic E-state index is -0.452. The molecule has 1 saturated heterocycles. The van der Waals surface area contributed by atoms with Crippen LogP contribution in [0.5, 0.6) is 0 Å². The normalized spacial score (nSPS) is 20.7. The maximum Gasteiger partial charge on any atom is 0.293 e. The number of nitrogens with zero attached hydrogens (tertiary/aromatic N) is 1. The number of nitrogens with one attached hydrogen (secondary N) is 3. The van der Waals surface area contributed by atoms with Crippen molar-refractivity contribution in [2.45, 2.75) is 13.0 Å². The molecule has 1 amide bonds. The Balaban J connectivity index is 1.89. The lowest BCUT2D eigenvalue weighted by atomic mass is 10.0. The molecule has 2 aromatic rings. The number of likely N-dealkylation sites (N-methyl/N-ethyl adjacent to an activating group) is 1. The summed E-state index contributed by atoms with van der Waals surface area (Å²) < 4.78 is 0. The molecule has 3 rings (SSSR count). The largest absolute Gasteiger partial charge is 0.328 e. The van der Waals surface area contributed by atoms with Crippen LogP contribution in [0, 0.1) is 17.0 Å². The van der Waals surface area contributed by atoms with Gasteiger partial charge in [0, 0.05) is 11.6 Å². The smallest absolute Gasteiger partial charge is 0.293 e. The summed E-state index contributed by atoms with van der Waals surface area (Å²) in [5, 5.41) is 14.2.